The van der Waals surface area contributed by atoms with Gasteiger partial charge in [0.15, 0.2) is 24.6 Å². The number of allylic oxidation sites excluding steroid dienone is 10. The highest BCUT2D eigenvalue weighted by Gasteiger charge is 2.50. The van der Waals surface area contributed by atoms with Gasteiger partial charge in [-0.3, -0.25) is 14.4 Å². The molecule has 1 heterocycles. The van der Waals surface area contributed by atoms with Crippen molar-refractivity contribution in [2.75, 3.05) is 13.2 Å². The van der Waals surface area contributed by atoms with Crippen molar-refractivity contribution in [2.45, 2.75) is 314 Å². The molecule has 77 heavy (non-hydrogen) atoms. The Balaban J connectivity index is 2.65. The summed E-state index contributed by atoms with van der Waals surface area (Å²) in [5.41, 5.74) is 0. The van der Waals surface area contributed by atoms with Gasteiger partial charge in [0.25, 0.3) is 0 Å². The Morgan fingerprint density at radius 1 is 0.442 bits per heavy atom. The number of rotatable bonds is 53. The summed E-state index contributed by atoms with van der Waals surface area (Å²) in [5.74, 6) is -3.14. The number of aliphatic hydroxyl groups excluding tert-OH is 2. The van der Waals surface area contributed by atoms with Crippen molar-refractivity contribution >= 4 is 23.9 Å². The number of carboxylic acid groups (broad SMARTS) is 1. The third-order valence-electron chi connectivity index (χ3n) is 14.1. The lowest BCUT2D eigenvalue weighted by Gasteiger charge is -2.40. The number of carboxylic acids is 1. The molecule has 1 aliphatic rings. The Hall–Kier alpha value is -3.58. The summed E-state index contributed by atoms with van der Waals surface area (Å²) in [4.78, 5) is 51.2. The first kappa shape index (κ1) is 71.4. The van der Waals surface area contributed by atoms with E-state index in [1.54, 1.807) is 0 Å². The highest BCUT2D eigenvalue weighted by atomic mass is 16.7. The summed E-state index contributed by atoms with van der Waals surface area (Å²) in [6.45, 7) is 5.87. The molecular weight excluding hydrogens is 973 g/mol. The van der Waals surface area contributed by atoms with Crippen molar-refractivity contribution in [1.82, 2.24) is 0 Å². The van der Waals surface area contributed by atoms with Crippen molar-refractivity contribution in [3.05, 3.63) is 60.8 Å². The number of carbonyl (C=O) groups is 4. The standard InChI is InChI=1S/C65H112O12/c1-4-7-10-13-16-19-22-24-26-28-29-31-32-34-37-39-42-45-48-51-57(66)73-54-56(75-58(67)52-49-46-43-40-36-21-18-15-12-9-6-3)55-74-65-63(61(70)60(69)62(77-65)64(71)72)76-59(68)53-50-47-44-41-38-35-33-30-27-25-23-20-17-14-11-8-5-2/h7,10,16,19,24,26,29,31,34,37,56,60-63,65,69-70H,4-6,8-9,11-15,17-18,20-23,25,27-28,30,32-33,35-36,38-55H2,1-3H3,(H,71,72)/b10-7-,19-16-,26-24-,31-29-,37-34-. The van der Waals surface area contributed by atoms with E-state index < -0.39 is 67.3 Å². The van der Waals surface area contributed by atoms with Crippen molar-refractivity contribution in [3.63, 3.8) is 0 Å². The molecule has 0 aromatic rings. The third kappa shape index (κ3) is 43.0. The molecule has 0 bridgehead atoms. The summed E-state index contributed by atoms with van der Waals surface area (Å²) < 4.78 is 28.4. The van der Waals surface area contributed by atoms with Crippen LogP contribution in [0, 0.1) is 0 Å². The Labute approximate surface area is 468 Å². The minimum Gasteiger partial charge on any atom is -0.479 e. The van der Waals surface area contributed by atoms with Crippen LogP contribution >= 0.6 is 0 Å². The van der Waals surface area contributed by atoms with E-state index in [9.17, 15) is 34.5 Å². The Morgan fingerprint density at radius 3 is 1.25 bits per heavy atom. The molecule has 444 valence electrons. The number of aliphatic hydroxyl groups is 2. The average Bonchev–Trinajstić information content (AvgIpc) is 3.41. The number of hydrogen-bond donors (Lipinski definition) is 3. The fraction of sp³-hybridized carbons (Fsp3) is 0.785. The Bertz CT molecular complexity index is 1570. The molecule has 0 amide bonds. The molecule has 0 saturated carbocycles. The topological polar surface area (TPSA) is 175 Å². The van der Waals surface area contributed by atoms with E-state index in [1.165, 1.54) is 122 Å². The smallest absolute Gasteiger partial charge is 0.335 e. The number of hydrogen-bond acceptors (Lipinski definition) is 11. The van der Waals surface area contributed by atoms with Gasteiger partial charge in [0, 0.05) is 19.3 Å². The van der Waals surface area contributed by atoms with Crippen LogP contribution in [0.5, 0.6) is 0 Å². The SMILES string of the molecule is CC/C=C\C/C=C\C/C=C\C/C=C\C/C=C\CCCCCC(=O)OCC(COC1OC(C(=O)O)C(O)C(O)C1OC(=O)CCCCCCCCCCCCCCCCCCC)OC(=O)CCCCCCCCCCCCC. The second-order valence-electron chi connectivity index (χ2n) is 21.3. The second-order valence-corrected chi connectivity index (χ2v) is 21.3. The van der Waals surface area contributed by atoms with Gasteiger partial charge in [0.2, 0.25) is 0 Å². The molecule has 1 fully saturated rings. The fourth-order valence-electron chi connectivity index (χ4n) is 9.34. The normalized spacial score (nSPS) is 18.4. The molecule has 1 saturated heterocycles. The third-order valence-corrected chi connectivity index (χ3v) is 14.1. The van der Waals surface area contributed by atoms with Crippen LogP contribution in [0.25, 0.3) is 0 Å². The first-order chi connectivity index (χ1) is 37.6. The zero-order valence-corrected chi connectivity index (χ0v) is 49.0. The molecule has 6 unspecified atom stereocenters. The van der Waals surface area contributed by atoms with Crippen molar-refractivity contribution in [2.24, 2.45) is 0 Å². The van der Waals surface area contributed by atoms with Gasteiger partial charge in [-0.15, -0.1) is 0 Å². The second kappa shape index (κ2) is 53.1. The predicted octanol–water partition coefficient (Wildman–Crippen LogP) is 16.3. The van der Waals surface area contributed by atoms with Gasteiger partial charge in [0.1, 0.15) is 18.8 Å². The minimum absolute atomic E-state index is 0.0611. The van der Waals surface area contributed by atoms with Crippen LogP contribution in [0.3, 0.4) is 0 Å². The number of unbranched alkanes of at least 4 members (excludes halogenated alkanes) is 29. The Morgan fingerprint density at radius 2 is 0.818 bits per heavy atom. The van der Waals surface area contributed by atoms with Gasteiger partial charge in [-0.2, -0.15) is 0 Å². The van der Waals surface area contributed by atoms with Crippen LogP contribution in [0.4, 0.5) is 0 Å². The van der Waals surface area contributed by atoms with Crippen LogP contribution < -0.4 is 0 Å². The first-order valence-corrected chi connectivity index (χ1v) is 31.3. The summed E-state index contributed by atoms with van der Waals surface area (Å²) >= 11 is 0. The average molecular weight is 1090 g/mol. The molecule has 6 atom stereocenters. The van der Waals surface area contributed by atoms with E-state index in [2.05, 4.69) is 81.5 Å². The molecule has 1 rings (SSSR count). The summed E-state index contributed by atoms with van der Waals surface area (Å²) in [7, 11) is 0. The maximum Gasteiger partial charge on any atom is 0.335 e. The molecule has 0 aromatic heterocycles. The van der Waals surface area contributed by atoms with E-state index in [-0.39, 0.29) is 25.9 Å². The van der Waals surface area contributed by atoms with Crippen LogP contribution in [0.2, 0.25) is 0 Å². The lowest BCUT2D eigenvalue weighted by atomic mass is 9.98. The van der Waals surface area contributed by atoms with Crippen LogP contribution in [-0.2, 0) is 42.9 Å². The van der Waals surface area contributed by atoms with Gasteiger partial charge in [-0.25, -0.2) is 4.79 Å². The maximum absolute atomic E-state index is 13.1. The van der Waals surface area contributed by atoms with E-state index in [0.717, 1.165) is 96.3 Å². The number of carbonyl (C=O) groups excluding carboxylic acids is 3. The van der Waals surface area contributed by atoms with Gasteiger partial charge in [-0.1, -0.05) is 255 Å². The van der Waals surface area contributed by atoms with Gasteiger partial charge in [0.05, 0.1) is 6.61 Å². The highest BCUT2D eigenvalue weighted by Crippen LogP contribution is 2.27. The van der Waals surface area contributed by atoms with Gasteiger partial charge >= 0.3 is 23.9 Å². The first-order valence-electron chi connectivity index (χ1n) is 31.3. The quantitative estimate of drug-likeness (QED) is 0.0228. The zero-order chi connectivity index (χ0) is 56.1. The van der Waals surface area contributed by atoms with Crippen molar-refractivity contribution in [3.8, 4) is 0 Å². The lowest BCUT2D eigenvalue weighted by Crippen LogP contribution is -2.61. The van der Waals surface area contributed by atoms with E-state index in [0.29, 0.717) is 19.3 Å². The number of aliphatic carboxylic acids is 1. The van der Waals surface area contributed by atoms with Crippen molar-refractivity contribution < 1.29 is 58.2 Å². The highest BCUT2D eigenvalue weighted by molar-refractivity contribution is 5.74. The monoisotopic (exact) mass is 1080 g/mol. The summed E-state index contributed by atoms with van der Waals surface area (Å²) in [6.07, 6.45) is 53.3. The largest absolute Gasteiger partial charge is 0.479 e. The maximum atomic E-state index is 13.1. The molecule has 0 spiro atoms. The summed E-state index contributed by atoms with van der Waals surface area (Å²) in [5, 5.41) is 31.5. The van der Waals surface area contributed by atoms with E-state index >= 15 is 0 Å². The van der Waals surface area contributed by atoms with Crippen LogP contribution in [0.1, 0.15) is 278 Å². The molecule has 1 aliphatic heterocycles. The molecule has 3 N–H and O–H groups in total. The fourth-order valence-corrected chi connectivity index (χ4v) is 9.34. The van der Waals surface area contributed by atoms with Crippen LogP contribution in [0.15, 0.2) is 60.8 Å². The zero-order valence-electron chi connectivity index (χ0n) is 49.0. The molecule has 0 radical (unpaired) electrons. The van der Waals surface area contributed by atoms with E-state index in [4.69, 9.17) is 23.7 Å². The number of esters is 3. The molecular formula is C65H112O12. The van der Waals surface area contributed by atoms with Gasteiger partial charge in [-0.05, 0) is 64.2 Å². The van der Waals surface area contributed by atoms with Gasteiger partial charge < -0.3 is 39.0 Å². The van der Waals surface area contributed by atoms with E-state index in [1.807, 2.05) is 0 Å². The number of ether oxygens (including phenoxy) is 5. The predicted molar refractivity (Wildman–Crippen MR) is 312 cm³/mol. The van der Waals surface area contributed by atoms with Crippen LogP contribution in [-0.4, -0.2) is 89.2 Å². The molecule has 0 aromatic carbocycles. The molecule has 12 heteroatoms. The van der Waals surface area contributed by atoms with Crippen molar-refractivity contribution in [1.29, 1.82) is 0 Å². The molecule has 0 aliphatic carbocycles. The Kier molecular flexibility index (Phi) is 49.2. The lowest BCUT2D eigenvalue weighted by molar-refractivity contribution is -0.301. The molecule has 12 nitrogen and oxygen atoms in total. The minimum atomic E-state index is -1.90. The summed E-state index contributed by atoms with van der Waals surface area (Å²) in [6, 6.07) is 0.